The molecule has 0 aliphatic carbocycles. The van der Waals surface area contributed by atoms with Crippen LogP contribution in [0, 0.1) is 11.3 Å². The zero-order valence-corrected chi connectivity index (χ0v) is 20.6. The highest BCUT2D eigenvalue weighted by molar-refractivity contribution is 6.04. The van der Waals surface area contributed by atoms with Crippen LogP contribution in [0.3, 0.4) is 0 Å². The molecule has 182 valence electrons. The molecule has 0 aliphatic rings. The van der Waals surface area contributed by atoms with E-state index in [1.54, 1.807) is 13.0 Å². The smallest absolute Gasteiger partial charge is 0.355 e. The van der Waals surface area contributed by atoms with Gasteiger partial charge < -0.3 is 18.8 Å². The summed E-state index contributed by atoms with van der Waals surface area (Å²) >= 11 is 0. The fourth-order valence-electron chi connectivity index (χ4n) is 4.03. The molecule has 0 amide bonds. The van der Waals surface area contributed by atoms with E-state index in [9.17, 15) is 10.1 Å². The largest absolute Gasteiger partial charge is 0.491 e. The molecule has 3 aromatic carbocycles. The number of nitrogens with zero attached hydrogens (tertiary/aromatic N) is 2. The van der Waals surface area contributed by atoms with E-state index < -0.39 is 5.97 Å². The zero-order chi connectivity index (χ0) is 25.5. The molecule has 6 heteroatoms. The van der Waals surface area contributed by atoms with Crippen molar-refractivity contribution in [3.8, 4) is 23.3 Å². The van der Waals surface area contributed by atoms with Crippen molar-refractivity contribution in [1.29, 1.82) is 5.26 Å². The Balaban J connectivity index is 1.85. The van der Waals surface area contributed by atoms with Gasteiger partial charge in [0.05, 0.1) is 24.3 Å². The number of benzene rings is 3. The molecular formula is C30H28N2O4. The monoisotopic (exact) mass is 480 g/mol. The van der Waals surface area contributed by atoms with E-state index in [1.807, 2.05) is 97.3 Å². The highest BCUT2D eigenvalue weighted by atomic mass is 16.5. The average Bonchev–Trinajstić information content (AvgIpc) is 3.20. The maximum Gasteiger partial charge on any atom is 0.355 e. The first kappa shape index (κ1) is 24.6. The van der Waals surface area contributed by atoms with Gasteiger partial charge in [0.25, 0.3) is 0 Å². The van der Waals surface area contributed by atoms with Crippen LogP contribution >= 0.6 is 0 Å². The second-order valence-corrected chi connectivity index (χ2v) is 8.39. The molecular weight excluding hydrogens is 452 g/mol. The number of fused-ring (bicyclic) bond motifs is 1. The molecule has 0 aliphatic heterocycles. The second kappa shape index (κ2) is 11.3. The summed E-state index contributed by atoms with van der Waals surface area (Å²) < 4.78 is 19.1. The molecule has 0 bridgehead atoms. The Morgan fingerprint density at radius 2 is 1.75 bits per heavy atom. The van der Waals surface area contributed by atoms with Crippen LogP contribution in [0.15, 0.2) is 78.9 Å². The van der Waals surface area contributed by atoms with E-state index in [1.165, 1.54) is 6.08 Å². The highest BCUT2D eigenvalue weighted by Crippen LogP contribution is 2.34. The minimum absolute atomic E-state index is 0.0513. The third-order valence-corrected chi connectivity index (χ3v) is 5.49. The highest BCUT2D eigenvalue weighted by Gasteiger charge is 2.24. The molecule has 0 unspecified atom stereocenters. The molecule has 0 spiro atoms. The number of allylic oxidation sites excluding steroid dienone is 1. The van der Waals surface area contributed by atoms with Gasteiger partial charge >= 0.3 is 5.97 Å². The Morgan fingerprint density at radius 3 is 2.42 bits per heavy atom. The molecule has 0 atom stereocenters. The molecule has 4 rings (SSSR count). The first-order valence-corrected chi connectivity index (χ1v) is 11.9. The average molecular weight is 481 g/mol. The SMILES string of the molecule is CCOC(=O)c1c(/C=C/C#N)c2cc(OCc3ccccc3)ccc2n1-c1ccc(OC(C)C)cc1. The quantitative estimate of drug-likeness (QED) is 0.197. The minimum atomic E-state index is -0.472. The van der Waals surface area contributed by atoms with E-state index in [0.717, 1.165) is 27.9 Å². The first-order chi connectivity index (χ1) is 17.5. The molecule has 0 fully saturated rings. The van der Waals surface area contributed by atoms with Crippen molar-refractivity contribution in [2.75, 3.05) is 6.61 Å². The first-order valence-electron chi connectivity index (χ1n) is 11.9. The normalized spacial score (nSPS) is 11.1. The van der Waals surface area contributed by atoms with Gasteiger partial charge in [0.15, 0.2) is 0 Å². The number of hydrogen-bond donors (Lipinski definition) is 0. The Bertz CT molecular complexity index is 1410. The summed E-state index contributed by atoms with van der Waals surface area (Å²) in [5.41, 5.74) is 3.55. The predicted octanol–water partition coefficient (Wildman–Crippen LogP) is 6.71. The summed E-state index contributed by atoms with van der Waals surface area (Å²) in [6.45, 7) is 6.35. The second-order valence-electron chi connectivity index (χ2n) is 8.39. The molecule has 1 aromatic heterocycles. The lowest BCUT2D eigenvalue weighted by Crippen LogP contribution is -2.12. The standard InChI is InChI=1S/C30H28N2O4/c1-4-34-30(33)29-26(11-8-18-31)27-19-25(35-20-22-9-6-5-7-10-22)16-17-28(27)32(29)23-12-14-24(15-13-23)36-21(2)3/h5-17,19,21H,4,20H2,1-3H3/b11-8+. The maximum absolute atomic E-state index is 13.2. The topological polar surface area (TPSA) is 73.5 Å². The number of ether oxygens (including phenoxy) is 3. The Labute approximate surface area is 211 Å². The lowest BCUT2D eigenvalue weighted by molar-refractivity contribution is 0.0517. The number of nitriles is 1. The van der Waals surface area contributed by atoms with Crippen LogP contribution in [-0.4, -0.2) is 23.2 Å². The van der Waals surface area contributed by atoms with Gasteiger partial charge in [-0.25, -0.2) is 4.79 Å². The van der Waals surface area contributed by atoms with Crippen molar-refractivity contribution in [3.63, 3.8) is 0 Å². The van der Waals surface area contributed by atoms with Gasteiger partial charge in [-0.2, -0.15) is 5.26 Å². The molecule has 1 heterocycles. The van der Waals surface area contributed by atoms with Crippen LogP contribution in [0.2, 0.25) is 0 Å². The Kier molecular flexibility index (Phi) is 7.72. The maximum atomic E-state index is 13.2. The predicted molar refractivity (Wildman–Crippen MR) is 140 cm³/mol. The number of hydrogen-bond acceptors (Lipinski definition) is 5. The molecule has 36 heavy (non-hydrogen) atoms. The van der Waals surface area contributed by atoms with E-state index in [2.05, 4.69) is 0 Å². The van der Waals surface area contributed by atoms with Gasteiger partial charge in [0.1, 0.15) is 23.8 Å². The summed E-state index contributed by atoms with van der Waals surface area (Å²) in [6, 6.07) is 25.2. The fourth-order valence-corrected chi connectivity index (χ4v) is 4.03. The number of carbonyl (C=O) groups excluding carboxylic acids is 1. The lowest BCUT2D eigenvalue weighted by Gasteiger charge is -2.13. The summed E-state index contributed by atoms with van der Waals surface area (Å²) in [6.07, 6.45) is 3.05. The molecule has 0 saturated heterocycles. The molecule has 4 aromatic rings. The number of carbonyl (C=O) groups is 1. The van der Waals surface area contributed by atoms with Crippen molar-refractivity contribution >= 4 is 22.9 Å². The fraction of sp³-hybridized carbons (Fsp3) is 0.200. The van der Waals surface area contributed by atoms with E-state index in [0.29, 0.717) is 23.6 Å². The number of rotatable bonds is 9. The van der Waals surface area contributed by atoms with Crippen LogP contribution in [-0.2, 0) is 11.3 Å². The zero-order valence-electron chi connectivity index (χ0n) is 20.6. The molecule has 0 saturated carbocycles. The summed E-state index contributed by atoms with van der Waals surface area (Å²) in [5, 5.41) is 10.0. The van der Waals surface area contributed by atoms with Gasteiger partial charge in [-0.3, -0.25) is 0 Å². The van der Waals surface area contributed by atoms with Gasteiger partial charge in [0, 0.05) is 22.7 Å². The van der Waals surface area contributed by atoms with Crippen LogP contribution in [0.5, 0.6) is 11.5 Å². The van der Waals surface area contributed by atoms with Crippen LogP contribution in [0.4, 0.5) is 0 Å². The van der Waals surface area contributed by atoms with Gasteiger partial charge in [0.2, 0.25) is 0 Å². The van der Waals surface area contributed by atoms with Crippen molar-refractivity contribution < 1.29 is 19.0 Å². The third kappa shape index (κ3) is 5.42. The summed E-state index contributed by atoms with van der Waals surface area (Å²) in [7, 11) is 0. The van der Waals surface area contributed by atoms with Gasteiger partial charge in [-0.05, 0) is 74.9 Å². The Hall–Kier alpha value is -4.50. The van der Waals surface area contributed by atoms with Crippen LogP contribution in [0.25, 0.3) is 22.7 Å². The minimum Gasteiger partial charge on any atom is -0.491 e. The van der Waals surface area contributed by atoms with E-state index in [-0.39, 0.29) is 12.7 Å². The molecule has 6 nitrogen and oxygen atoms in total. The van der Waals surface area contributed by atoms with E-state index in [4.69, 9.17) is 14.2 Å². The van der Waals surface area contributed by atoms with Crippen molar-refractivity contribution in [2.45, 2.75) is 33.5 Å². The van der Waals surface area contributed by atoms with Crippen LogP contribution < -0.4 is 9.47 Å². The van der Waals surface area contributed by atoms with Crippen molar-refractivity contribution in [1.82, 2.24) is 4.57 Å². The summed E-state index contributed by atoms with van der Waals surface area (Å²) in [4.78, 5) is 13.2. The molecule has 0 radical (unpaired) electrons. The van der Waals surface area contributed by atoms with Crippen LogP contribution in [0.1, 0.15) is 42.4 Å². The Morgan fingerprint density at radius 1 is 1.03 bits per heavy atom. The van der Waals surface area contributed by atoms with Crippen molar-refractivity contribution in [2.24, 2.45) is 0 Å². The molecule has 0 N–H and O–H groups in total. The lowest BCUT2D eigenvalue weighted by atomic mass is 10.1. The van der Waals surface area contributed by atoms with Crippen molar-refractivity contribution in [3.05, 3.63) is 95.7 Å². The summed E-state index contributed by atoms with van der Waals surface area (Å²) in [5.74, 6) is 0.927. The van der Waals surface area contributed by atoms with Gasteiger partial charge in [-0.1, -0.05) is 30.3 Å². The number of aromatic nitrogens is 1. The van der Waals surface area contributed by atoms with E-state index >= 15 is 0 Å². The third-order valence-electron chi connectivity index (χ3n) is 5.49. The van der Waals surface area contributed by atoms with Gasteiger partial charge in [-0.15, -0.1) is 0 Å². The number of esters is 1.